The molecular weight excluding hydrogens is 671 g/mol. The topological polar surface area (TPSA) is 18.1 Å². The maximum atomic E-state index is 6.32. The van der Waals surface area contributed by atoms with E-state index in [2.05, 4.69) is 162 Å². The first kappa shape index (κ1) is 28.5. The van der Waals surface area contributed by atoms with Crippen molar-refractivity contribution in [2.45, 2.75) is 0 Å². The average molecular weight is 698 g/mol. The minimum absolute atomic E-state index is 0.899. The van der Waals surface area contributed by atoms with Gasteiger partial charge in [0.05, 0.1) is 11.0 Å². The number of thiophene rings is 2. The third kappa shape index (κ3) is 3.99. The molecule has 0 N–H and O–H groups in total. The summed E-state index contributed by atoms with van der Waals surface area (Å²) < 4.78 is 14.1. The molecule has 4 heteroatoms. The summed E-state index contributed by atoms with van der Waals surface area (Å²) in [5.41, 5.74) is 10.2. The van der Waals surface area contributed by atoms with Crippen LogP contribution in [0.5, 0.6) is 0 Å². The van der Waals surface area contributed by atoms with Crippen LogP contribution in [0, 0.1) is 0 Å². The van der Waals surface area contributed by atoms with Gasteiger partial charge in [0.2, 0.25) is 0 Å². The van der Waals surface area contributed by atoms with Gasteiger partial charge in [-0.05, 0) is 71.8 Å². The average Bonchev–Trinajstić information content (AvgIpc) is 3.96. The van der Waals surface area contributed by atoms with Gasteiger partial charge in [-0.25, -0.2) is 0 Å². The monoisotopic (exact) mass is 697 g/mol. The number of hydrogen-bond acceptors (Lipinski definition) is 3. The van der Waals surface area contributed by atoms with Crippen molar-refractivity contribution in [1.29, 1.82) is 0 Å². The molecule has 52 heavy (non-hydrogen) atoms. The lowest BCUT2D eigenvalue weighted by molar-refractivity contribution is 0.669. The second-order valence-corrected chi connectivity index (χ2v) is 15.8. The minimum atomic E-state index is 0.899. The Labute approximate surface area is 306 Å². The molecule has 0 saturated carbocycles. The van der Waals surface area contributed by atoms with Crippen molar-refractivity contribution in [3.63, 3.8) is 0 Å². The number of para-hydroxylation sites is 3. The molecule has 2 nitrogen and oxygen atoms in total. The predicted octanol–water partition coefficient (Wildman–Crippen LogP) is 14.8. The highest BCUT2D eigenvalue weighted by Gasteiger charge is 2.21. The summed E-state index contributed by atoms with van der Waals surface area (Å²) in [5, 5.41) is 9.97. The zero-order valence-corrected chi connectivity index (χ0v) is 29.4. The number of fused-ring (bicyclic) bond motifs is 12. The maximum Gasteiger partial charge on any atom is 0.135 e. The highest BCUT2D eigenvalue weighted by atomic mass is 32.1. The lowest BCUT2D eigenvalue weighted by Crippen LogP contribution is -1.97. The lowest BCUT2D eigenvalue weighted by atomic mass is 9.98. The van der Waals surface area contributed by atoms with Gasteiger partial charge in [0.15, 0.2) is 0 Å². The molecule has 242 valence electrons. The fraction of sp³-hybridized carbons (Fsp3) is 0. The van der Waals surface area contributed by atoms with Gasteiger partial charge in [-0.15, -0.1) is 22.7 Å². The van der Waals surface area contributed by atoms with E-state index in [4.69, 9.17) is 4.42 Å². The van der Waals surface area contributed by atoms with Gasteiger partial charge in [0.25, 0.3) is 0 Å². The van der Waals surface area contributed by atoms with Gasteiger partial charge in [0, 0.05) is 78.7 Å². The van der Waals surface area contributed by atoms with E-state index in [1.54, 1.807) is 0 Å². The van der Waals surface area contributed by atoms with Crippen LogP contribution in [0.3, 0.4) is 0 Å². The van der Waals surface area contributed by atoms with Crippen LogP contribution in [-0.4, -0.2) is 4.57 Å². The fourth-order valence-corrected chi connectivity index (χ4v) is 10.7. The van der Waals surface area contributed by atoms with E-state index >= 15 is 0 Å². The van der Waals surface area contributed by atoms with Crippen LogP contribution in [0.2, 0.25) is 0 Å². The molecule has 0 fully saturated rings. The summed E-state index contributed by atoms with van der Waals surface area (Å²) in [6.07, 6.45) is 0. The van der Waals surface area contributed by atoms with Crippen LogP contribution < -0.4 is 0 Å². The molecule has 0 radical (unpaired) electrons. The van der Waals surface area contributed by atoms with E-state index < -0.39 is 0 Å². The molecule has 8 aromatic carbocycles. The minimum Gasteiger partial charge on any atom is -0.456 e. The normalized spacial score (nSPS) is 12.2. The number of benzene rings is 8. The van der Waals surface area contributed by atoms with E-state index in [-0.39, 0.29) is 0 Å². The van der Waals surface area contributed by atoms with Gasteiger partial charge < -0.3 is 8.98 Å². The summed E-state index contributed by atoms with van der Waals surface area (Å²) in [4.78, 5) is 0. The molecule has 12 rings (SSSR count). The molecule has 0 spiro atoms. The summed E-state index contributed by atoms with van der Waals surface area (Å²) in [6, 6.07) is 60.2. The molecule has 12 aromatic rings. The molecule has 0 amide bonds. The molecule has 0 aliphatic carbocycles. The Balaban J connectivity index is 1.20. The first-order valence-electron chi connectivity index (χ1n) is 17.6. The Morgan fingerprint density at radius 3 is 1.46 bits per heavy atom. The molecule has 0 bridgehead atoms. The van der Waals surface area contributed by atoms with E-state index in [0.29, 0.717) is 0 Å². The molecule has 4 aromatic heterocycles. The standard InChI is InChI=1S/C48H27NOS2/c1-4-16-41-33(9-1)38-27-30(21-22-42(38)50-41)49-47-31(28-19-23-45-39(25-28)34-10-2-5-17-43(34)51-45)12-7-14-36(47)37-15-8-13-32(48(37)49)29-20-24-46-40(26-29)35-11-3-6-18-44(35)52-46/h1-27H. The Bertz CT molecular complexity index is 3260. The Morgan fingerprint density at radius 1 is 0.346 bits per heavy atom. The first-order chi connectivity index (χ1) is 25.8. The van der Waals surface area contributed by atoms with Crippen LogP contribution in [0.4, 0.5) is 0 Å². The Kier molecular flexibility index (Phi) is 5.84. The van der Waals surface area contributed by atoms with Crippen molar-refractivity contribution in [2.24, 2.45) is 0 Å². The first-order valence-corrected chi connectivity index (χ1v) is 19.2. The lowest BCUT2D eigenvalue weighted by Gasteiger charge is -2.14. The van der Waals surface area contributed by atoms with Crippen LogP contribution >= 0.6 is 22.7 Å². The maximum absolute atomic E-state index is 6.32. The van der Waals surface area contributed by atoms with Crippen molar-refractivity contribution in [1.82, 2.24) is 4.57 Å². The number of nitrogens with zero attached hydrogens (tertiary/aromatic N) is 1. The van der Waals surface area contributed by atoms with Crippen LogP contribution in [0.15, 0.2) is 168 Å². The van der Waals surface area contributed by atoms with E-state index in [9.17, 15) is 0 Å². The second-order valence-electron chi connectivity index (χ2n) is 13.6. The summed E-state index contributed by atoms with van der Waals surface area (Å²) in [6.45, 7) is 0. The number of hydrogen-bond donors (Lipinski definition) is 0. The quantitative estimate of drug-likeness (QED) is 0.180. The molecule has 0 aliphatic rings. The van der Waals surface area contributed by atoms with Crippen molar-refractivity contribution < 1.29 is 4.42 Å². The van der Waals surface area contributed by atoms with Gasteiger partial charge in [0.1, 0.15) is 11.2 Å². The number of rotatable bonds is 3. The fourth-order valence-electron chi connectivity index (χ4n) is 8.48. The molecule has 0 saturated heterocycles. The molecular formula is C48H27NOS2. The SMILES string of the molecule is c1ccc2c(c1)oc1ccc(-n3c4c(-c5ccc6sc7ccccc7c6c5)cccc4c4cccc(-c5ccc6sc7ccccc7c6c5)c43)cc12. The van der Waals surface area contributed by atoms with Gasteiger partial charge >= 0.3 is 0 Å². The van der Waals surface area contributed by atoms with Crippen molar-refractivity contribution in [3.8, 4) is 27.9 Å². The summed E-state index contributed by atoms with van der Waals surface area (Å²) in [5.74, 6) is 0. The molecule has 4 heterocycles. The van der Waals surface area contributed by atoms with E-state index in [1.165, 1.54) is 84.4 Å². The van der Waals surface area contributed by atoms with Crippen molar-refractivity contribution in [3.05, 3.63) is 164 Å². The third-order valence-corrected chi connectivity index (χ3v) is 13.1. The van der Waals surface area contributed by atoms with Gasteiger partial charge in [-0.1, -0.05) is 103 Å². The second kappa shape index (κ2) is 10.7. The zero-order valence-electron chi connectivity index (χ0n) is 27.8. The molecule has 0 unspecified atom stereocenters. The largest absolute Gasteiger partial charge is 0.456 e. The molecule has 0 aliphatic heterocycles. The summed E-state index contributed by atoms with van der Waals surface area (Å²) >= 11 is 3.73. The van der Waals surface area contributed by atoms with E-state index in [0.717, 1.165) is 27.6 Å². The van der Waals surface area contributed by atoms with Crippen LogP contribution in [0.1, 0.15) is 0 Å². The smallest absolute Gasteiger partial charge is 0.135 e. The third-order valence-electron chi connectivity index (χ3n) is 10.8. The van der Waals surface area contributed by atoms with Gasteiger partial charge in [-0.2, -0.15) is 0 Å². The zero-order chi connectivity index (χ0) is 33.9. The predicted molar refractivity (Wildman–Crippen MR) is 225 cm³/mol. The number of aromatic nitrogens is 1. The highest BCUT2D eigenvalue weighted by molar-refractivity contribution is 7.26. The van der Waals surface area contributed by atoms with Crippen LogP contribution in [0.25, 0.3) is 112 Å². The summed E-state index contributed by atoms with van der Waals surface area (Å²) in [7, 11) is 0. The van der Waals surface area contributed by atoms with Crippen LogP contribution in [-0.2, 0) is 0 Å². The Morgan fingerprint density at radius 2 is 0.846 bits per heavy atom. The van der Waals surface area contributed by atoms with Gasteiger partial charge in [-0.3, -0.25) is 0 Å². The van der Waals surface area contributed by atoms with Crippen molar-refractivity contribution in [2.75, 3.05) is 0 Å². The number of furan rings is 1. The van der Waals surface area contributed by atoms with Crippen molar-refractivity contribution >= 4 is 107 Å². The Hall–Kier alpha value is -6.20. The van der Waals surface area contributed by atoms with E-state index in [1.807, 2.05) is 28.7 Å². The highest BCUT2D eigenvalue weighted by Crippen LogP contribution is 2.45. The molecule has 0 atom stereocenters.